The monoisotopic (exact) mass is 902 g/mol. The molecule has 16 heteroatoms. The molecule has 0 aliphatic carbocycles. The molecule has 4 aromatic rings. The van der Waals surface area contributed by atoms with Gasteiger partial charge in [0, 0.05) is 64.4 Å². The highest BCUT2D eigenvalue weighted by Crippen LogP contribution is 2.22. The van der Waals surface area contributed by atoms with Gasteiger partial charge in [0.25, 0.3) is 0 Å². The van der Waals surface area contributed by atoms with Gasteiger partial charge in [0.05, 0.1) is 12.1 Å². The highest BCUT2D eigenvalue weighted by atomic mass is 32.1. The van der Waals surface area contributed by atoms with Crippen LogP contribution >= 0.6 is 12.6 Å². The number of amides is 5. The summed E-state index contributed by atoms with van der Waals surface area (Å²) in [7, 11) is 0. The number of aromatic nitrogens is 2. The van der Waals surface area contributed by atoms with Crippen molar-refractivity contribution < 1.29 is 28.8 Å². The number of thiol groups is 1. The lowest BCUT2D eigenvalue weighted by Crippen LogP contribution is -2.62. The van der Waals surface area contributed by atoms with E-state index in [9.17, 15) is 28.8 Å². The van der Waals surface area contributed by atoms with Crippen LogP contribution in [0, 0.1) is 23.7 Å². The second kappa shape index (κ2) is 23.1. The molecule has 0 fully saturated rings. The van der Waals surface area contributed by atoms with Crippen molar-refractivity contribution in [2.24, 2.45) is 29.4 Å². The third-order valence-corrected chi connectivity index (χ3v) is 11.8. The molecule has 350 valence electrons. The summed E-state index contributed by atoms with van der Waals surface area (Å²) in [6, 6.07) is 9.31. The lowest BCUT2D eigenvalue weighted by atomic mass is 9.96. The van der Waals surface area contributed by atoms with E-state index in [1.165, 1.54) is 0 Å². The Kier molecular flexibility index (Phi) is 18.6. The van der Waals surface area contributed by atoms with Gasteiger partial charge in [-0.05, 0) is 67.2 Å². The Labute approximate surface area is 383 Å². The van der Waals surface area contributed by atoms with Crippen LogP contribution in [0.3, 0.4) is 0 Å². The number of aldehydes is 1. The molecule has 5 amide bonds. The predicted molar refractivity (Wildman–Crippen MR) is 257 cm³/mol. The number of rotatable bonds is 24. The van der Waals surface area contributed by atoms with Crippen molar-refractivity contribution in [3.05, 3.63) is 72.1 Å². The number of hydrogen-bond acceptors (Lipinski definition) is 9. The molecule has 0 aliphatic heterocycles. The Hall–Kier alpha value is -5.19. The summed E-state index contributed by atoms with van der Waals surface area (Å²) < 4.78 is -0.936. The Morgan fingerprint density at radius 2 is 1.16 bits per heavy atom. The van der Waals surface area contributed by atoms with Crippen molar-refractivity contribution in [3.8, 4) is 0 Å². The topological polar surface area (TPSA) is 232 Å². The lowest BCUT2D eigenvalue weighted by Gasteiger charge is -2.34. The van der Waals surface area contributed by atoms with Gasteiger partial charge in [0.2, 0.25) is 29.5 Å². The minimum absolute atomic E-state index is 0.133. The third-order valence-electron chi connectivity index (χ3n) is 11.5. The molecular formula is C48H71N9O6S. The van der Waals surface area contributed by atoms with Gasteiger partial charge in [-0.15, -0.1) is 0 Å². The van der Waals surface area contributed by atoms with Gasteiger partial charge in [0.1, 0.15) is 30.5 Å². The van der Waals surface area contributed by atoms with Crippen LogP contribution in [0.15, 0.2) is 60.9 Å². The minimum Gasteiger partial charge on any atom is -0.361 e. The fourth-order valence-electron chi connectivity index (χ4n) is 7.76. The molecule has 0 spiro atoms. The van der Waals surface area contributed by atoms with E-state index in [0.717, 1.165) is 32.9 Å². The maximum atomic E-state index is 14.4. The van der Waals surface area contributed by atoms with Crippen LogP contribution < -0.4 is 37.6 Å². The van der Waals surface area contributed by atoms with Crippen LogP contribution in [0.1, 0.15) is 86.8 Å². The Balaban J connectivity index is 1.50. The van der Waals surface area contributed by atoms with E-state index >= 15 is 0 Å². The van der Waals surface area contributed by atoms with Gasteiger partial charge in [-0.1, -0.05) is 91.8 Å². The highest BCUT2D eigenvalue weighted by molar-refractivity contribution is 7.81. The maximum absolute atomic E-state index is 14.4. The molecule has 2 heterocycles. The Morgan fingerprint density at radius 1 is 0.656 bits per heavy atom. The van der Waals surface area contributed by atoms with Crippen LogP contribution in [0.25, 0.3) is 21.8 Å². The molecule has 10 N–H and O–H groups in total. The zero-order chi connectivity index (χ0) is 47.5. The second-order valence-electron chi connectivity index (χ2n) is 19.0. The number of nitrogens with two attached hydrogens (primary N) is 1. The van der Waals surface area contributed by atoms with Crippen LogP contribution in [0.2, 0.25) is 0 Å². The SMILES string of the molecule is CC(C)C[C@@H](N)C(=O)N[C@H](C(=O)N[C@H](Cc1c[nH]c2ccccc12)C(=O)N[C@H](CN[C@H](C(=O)N[C@@H](C(=O)N[C@H](C=O)Cc1c[nH]c2ccccc12)C(C)C)C(C)(C)S)C(C)C)C(C)C. The molecule has 0 bridgehead atoms. The Bertz CT molecular complexity index is 2210. The number of aromatic amines is 2. The molecular weight excluding hydrogens is 831 g/mol. The molecule has 7 atom stereocenters. The Morgan fingerprint density at radius 3 is 1.64 bits per heavy atom. The average Bonchev–Trinajstić information content (AvgIpc) is 3.83. The van der Waals surface area contributed by atoms with E-state index in [2.05, 4.69) is 41.9 Å². The summed E-state index contributed by atoms with van der Waals surface area (Å²) in [4.78, 5) is 88.0. The van der Waals surface area contributed by atoms with Gasteiger partial charge < -0.3 is 52.4 Å². The van der Waals surface area contributed by atoms with Crippen molar-refractivity contribution in [1.29, 1.82) is 0 Å². The van der Waals surface area contributed by atoms with Crippen LogP contribution in [-0.4, -0.2) is 99.4 Å². The van der Waals surface area contributed by atoms with Crippen molar-refractivity contribution in [3.63, 3.8) is 0 Å². The lowest BCUT2D eigenvalue weighted by molar-refractivity contribution is -0.133. The van der Waals surface area contributed by atoms with E-state index < -0.39 is 76.6 Å². The maximum Gasteiger partial charge on any atom is 0.243 e. The number of benzene rings is 2. The van der Waals surface area contributed by atoms with E-state index in [1.807, 2.05) is 116 Å². The molecule has 0 saturated carbocycles. The van der Waals surface area contributed by atoms with Crippen LogP contribution in [-0.2, 0) is 41.6 Å². The summed E-state index contributed by atoms with van der Waals surface area (Å²) in [5.41, 5.74) is 9.66. The molecule has 4 rings (SSSR count). The van der Waals surface area contributed by atoms with Crippen molar-refractivity contribution in [2.75, 3.05) is 6.54 Å². The highest BCUT2D eigenvalue weighted by Gasteiger charge is 2.37. The van der Waals surface area contributed by atoms with Gasteiger partial charge in [0.15, 0.2) is 0 Å². The summed E-state index contributed by atoms with van der Waals surface area (Å²) in [5, 5.41) is 19.8. The summed E-state index contributed by atoms with van der Waals surface area (Å²) in [6.07, 6.45) is 5.19. The predicted octanol–water partition coefficient (Wildman–Crippen LogP) is 4.07. The quantitative estimate of drug-likeness (QED) is 0.0363. The molecule has 0 radical (unpaired) electrons. The zero-order valence-corrected chi connectivity index (χ0v) is 39.9. The first kappa shape index (κ1) is 51.4. The smallest absolute Gasteiger partial charge is 0.243 e. The first-order valence-corrected chi connectivity index (χ1v) is 22.8. The number of H-pyrrole nitrogens is 2. The normalized spacial score (nSPS) is 15.4. The number of carbonyl (C=O) groups is 6. The van der Waals surface area contributed by atoms with Crippen molar-refractivity contribution >= 4 is 70.3 Å². The number of hydrogen-bond donors (Lipinski definition) is 10. The van der Waals surface area contributed by atoms with Gasteiger partial charge in [-0.3, -0.25) is 24.0 Å². The fourth-order valence-corrected chi connectivity index (χ4v) is 7.97. The first-order valence-electron chi connectivity index (χ1n) is 22.4. The second-order valence-corrected chi connectivity index (χ2v) is 20.1. The van der Waals surface area contributed by atoms with Crippen LogP contribution in [0.5, 0.6) is 0 Å². The van der Waals surface area contributed by atoms with Gasteiger partial charge >= 0.3 is 0 Å². The molecule has 2 aromatic carbocycles. The summed E-state index contributed by atoms with van der Waals surface area (Å²) in [6.45, 7) is 18.7. The number of carbonyl (C=O) groups excluding carboxylic acids is 6. The largest absolute Gasteiger partial charge is 0.361 e. The van der Waals surface area contributed by atoms with Crippen LogP contribution in [0.4, 0.5) is 0 Å². The van der Waals surface area contributed by atoms with E-state index in [4.69, 9.17) is 18.4 Å². The standard InChI is InChI=1S/C48H71N9O6S/c1-26(2)19-35(49)43(59)56-41(29(7)8)46(62)54-38(21-31-23-51-37-18-14-12-16-34(31)37)44(60)55-39(27(3)4)24-52-42(48(9,10)64)47(63)57-40(28(5)6)45(61)53-32(25-58)20-30-22-50-36-17-13-11-15-33(30)36/h11-18,22-23,25-29,32,35,38-42,50-52,64H,19-21,24,49H2,1-10H3,(H,53,61)(H,54,62)(H,55,60)(H,56,59)(H,57,63)/t32-,35+,38+,39+,40+,41-,42+/m0/s1. The van der Waals surface area contributed by atoms with Crippen molar-refractivity contribution in [1.82, 2.24) is 41.9 Å². The summed E-state index contributed by atoms with van der Waals surface area (Å²) in [5.74, 6) is -3.00. The molecule has 64 heavy (non-hydrogen) atoms. The first-order chi connectivity index (χ1) is 30.1. The number of nitrogens with one attached hydrogen (secondary N) is 8. The zero-order valence-electron chi connectivity index (χ0n) is 39.0. The molecule has 2 aromatic heterocycles. The van der Waals surface area contributed by atoms with Gasteiger partial charge in [-0.2, -0.15) is 12.6 Å². The molecule has 0 aliphatic rings. The summed E-state index contributed by atoms with van der Waals surface area (Å²) >= 11 is 4.78. The number of fused-ring (bicyclic) bond motifs is 2. The number of para-hydroxylation sites is 2. The molecule has 15 nitrogen and oxygen atoms in total. The fraction of sp³-hybridized carbons (Fsp3) is 0.542. The van der Waals surface area contributed by atoms with E-state index in [1.54, 1.807) is 13.8 Å². The molecule has 0 unspecified atom stereocenters. The van der Waals surface area contributed by atoms with E-state index in [0.29, 0.717) is 12.7 Å². The van der Waals surface area contributed by atoms with Gasteiger partial charge in [-0.25, -0.2) is 0 Å². The van der Waals surface area contributed by atoms with E-state index in [-0.39, 0.29) is 43.1 Å². The van der Waals surface area contributed by atoms with Crippen molar-refractivity contribution in [2.45, 2.75) is 136 Å². The third kappa shape index (κ3) is 14.2. The minimum atomic E-state index is -1.05. The average molecular weight is 902 g/mol. The molecule has 0 saturated heterocycles.